The molecule has 3 N–H and O–H groups in total. The molecule has 2 aliphatic rings. The van der Waals surface area contributed by atoms with Crippen LogP contribution < -0.4 is 11.1 Å². The molecule has 0 aromatic carbocycles. The van der Waals surface area contributed by atoms with E-state index in [0.29, 0.717) is 6.10 Å². The van der Waals surface area contributed by atoms with Gasteiger partial charge in [-0.15, -0.1) is 0 Å². The summed E-state index contributed by atoms with van der Waals surface area (Å²) in [6.45, 7) is 6.93. The van der Waals surface area contributed by atoms with Crippen molar-refractivity contribution in [1.29, 1.82) is 0 Å². The van der Waals surface area contributed by atoms with Gasteiger partial charge in [-0.05, 0) is 32.1 Å². The maximum Gasteiger partial charge on any atom is 0.237 e. The van der Waals surface area contributed by atoms with Gasteiger partial charge >= 0.3 is 0 Å². The van der Waals surface area contributed by atoms with E-state index in [4.69, 9.17) is 10.5 Å². The molecule has 0 radical (unpaired) electrons. The number of amides is 1. The van der Waals surface area contributed by atoms with Crippen LogP contribution in [0.15, 0.2) is 0 Å². The molecule has 0 aliphatic heterocycles. The largest absolute Gasteiger partial charge is 0.378 e. The highest BCUT2D eigenvalue weighted by atomic mass is 16.5. The van der Waals surface area contributed by atoms with Crippen molar-refractivity contribution < 1.29 is 9.53 Å². The van der Waals surface area contributed by atoms with Crippen LogP contribution in [0.1, 0.15) is 59.3 Å². The Hall–Kier alpha value is -0.610. The quantitative estimate of drug-likeness (QED) is 0.785. The smallest absolute Gasteiger partial charge is 0.237 e. The molecule has 2 fully saturated rings. The lowest BCUT2D eigenvalue weighted by atomic mass is 9.60. The van der Waals surface area contributed by atoms with Gasteiger partial charge in [-0.1, -0.05) is 33.1 Å². The topological polar surface area (TPSA) is 64.3 Å². The first-order valence-corrected chi connectivity index (χ1v) is 8.22. The van der Waals surface area contributed by atoms with E-state index in [1.54, 1.807) is 0 Å². The summed E-state index contributed by atoms with van der Waals surface area (Å²) in [5.74, 6) is 0.253. The summed E-state index contributed by atoms with van der Waals surface area (Å²) in [6, 6.07) is -0.117. The molecule has 0 heterocycles. The maximum absolute atomic E-state index is 12.3. The molecular formula is C16H30N2O2. The van der Waals surface area contributed by atoms with E-state index in [-0.39, 0.29) is 29.3 Å². The van der Waals surface area contributed by atoms with E-state index in [9.17, 15) is 4.79 Å². The molecule has 0 aromatic heterocycles. The van der Waals surface area contributed by atoms with Crippen LogP contribution in [-0.4, -0.2) is 30.7 Å². The molecule has 2 aliphatic carbocycles. The van der Waals surface area contributed by atoms with E-state index in [1.807, 2.05) is 13.8 Å². The van der Waals surface area contributed by atoms with Crippen LogP contribution in [-0.2, 0) is 9.53 Å². The van der Waals surface area contributed by atoms with Crippen LogP contribution in [0.5, 0.6) is 0 Å². The first-order valence-electron chi connectivity index (χ1n) is 8.22. The van der Waals surface area contributed by atoms with Crippen LogP contribution in [0.3, 0.4) is 0 Å². The molecule has 0 bridgehead atoms. The number of carbonyl (C=O) groups excluding carboxylic acids is 1. The SMILES string of the molecule is CCOC1CC(NC(=O)C(N)C(C)CC)C12CCCC2. The van der Waals surface area contributed by atoms with Crippen molar-refractivity contribution in [3.05, 3.63) is 0 Å². The fourth-order valence-corrected chi connectivity index (χ4v) is 3.87. The van der Waals surface area contributed by atoms with Crippen LogP contribution >= 0.6 is 0 Å². The summed E-state index contributed by atoms with van der Waals surface area (Å²) in [5.41, 5.74) is 6.23. The summed E-state index contributed by atoms with van der Waals surface area (Å²) >= 11 is 0. The van der Waals surface area contributed by atoms with Gasteiger partial charge in [0.05, 0.1) is 12.1 Å². The Morgan fingerprint density at radius 3 is 2.60 bits per heavy atom. The Bertz CT molecular complexity index is 339. The molecule has 1 spiro atoms. The van der Waals surface area contributed by atoms with E-state index >= 15 is 0 Å². The molecule has 4 heteroatoms. The first-order chi connectivity index (χ1) is 9.55. The van der Waals surface area contributed by atoms with Gasteiger partial charge in [0.25, 0.3) is 0 Å². The van der Waals surface area contributed by atoms with E-state index in [0.717, 1.165) is 19.4 Å². The van der Waals surface area contributed by atoms with Crippen LogP contribution in [0, 0.1) is 11.3 Å². The fourth-order valence-electron chi connectivity index (χ4n) is 3.87. The lowest BCUT2D eigenvalue weighted by Gasteiger charge is -2.54. The number of hydrogen-bond donors (Lipinski definition) is 2. The van der Waals surface area contributed by atoms with Crippen molar-refractivity contribution in [2.45, 2.75) is 77.5 Å². The molecule has 0 saturated heterocycles. The molecule has 0 aromatic rings. The van der Waals surface area contributed by atoms with Gasteiger partial charge in [-0.3, -0.25) is 4.79 Å². The fraction of sp³-hybridized carbons (Fsp3) is 0.938. The average Bonchev–Trinajstić information content (AvgIpc) is 2.96. The second kappa shape index (κ2) is 6.44. The van der Waals surface area contributed by atoms with Crippen molar-refractivity contribution in [2.75, 3.05) is 6.61 Å². The van der Waals surface area contributed by atoms with E-state index < -0.39 is 0 Å². The number of ether oxygens (including phenoxy) is 1. The minimum absolute atomic E-state index is 0.0190. The van der Waals surface area contributed by atoms with E-state index in [2.05, 4.69) is 12.2 Å². The summed E-state index contributed by atoms with van der Waals surface area (Å²) < 4.78 is 5.87. The Morgan fingerprint density at radius 2 is 2.05 bits per heavy atom. The average molecular weight is 282 g/mol. The highest BCUT2D eigenvalue weighted by Gasteiger charge is 2.57. The summed E-state index contributed by atoms with van der Waals surface area (Å²) in [7, 11) is 0. The lowest BCUT2D eigenvalue weighted by molar-refractivity contribution is -0.145. The monoisotopic (exact) mass is 282 g/mol. The minimum atomic E-state index is -0.385. The van der Waals surface area contributed by atoms with Gasteiger partial charge in [0.2, 0.25) is 5.91 Å². The molecule has 20 heavy (non-hydrogen) atoms. The van der Waals surface area contributed by atoms with Gasteiger partial charge in [0.1, 0.15) is 0 Å². The Morgan fingerprint density at radius 1 is 1.40 bits per heavy atom. The van der Waals surface area contributed by atoms with Crippen molar-refractivity contribution >= 4 is 5.91 Å². The zero-order valence-corrected chi connectivity index (χ0v) is 13.2. The Labute approximate surface area is 122 Å². The Kier molecular flexibility index (Phi) is 5.08. The van der Waals surface area contributed by atoms with Crippen molar-refractivity contribution in [3.8, 4) is 0 Å². The van der Waals surface area contributed by atoms with Crippen molar-refractivity contribution in [1.82, 2.24) is 5.32 Å². The zero-order chi connectivity index (χ0) is 14.8. The van der Waals surface area contributed by atoms with Gasteiger partial charge < -0.3 is 15.8 Å². The highest BCUT2D eigenvalue weighted by molar-refractivity contribution is 5.82. The normalized spacial score (nSPS) is 30.8. The third-order valence-electron chi connectivity index (χ3n) is 5.56. The second-order valence-corrected chi connectivity index (χ2v) is 6.59. The van der Waals surface area contributed by atoms with E-state index in [1.165, 1.54) is 25.7 Å². The first kappa shape index (κ1) is 15.8. The number of rotatable bonds is 6. The maximum atomic E-state index is 12.3. The lowest BCUT2D eigenvalue weighted by Crippen LogP contribution is -2.65. The standard InChI is InChI=1S/C16H30N2O2/c1-4-11(3)14(17)15(19)18-12-10-13(20-5-2)16(12)8-6-7-9-16/h11-14H,4-10,17H2,1-3H3,(H,18,19). The predicted molar refractivity (Wildman–Crippen MR) is 80.3 cm³/mol. The van der Waals surface area contributed by atoms with Crippen molar-refractivity contribution in [3.63, 3.8) is 0 Å². The van der Waals surface area contributed by atoms with Gasteiger partial charge in [0, 0.05) is 18.1 Å². The minimum Gasteiger partial charge on any atom is -0.378 e. The third-order valence-corrected chi connectivity index (χ3v) is 5.56. The Balaban J connectivity index is 1.95. The van der Waals surface area contributed by atoms with Gasteiger partial charge in [-0.25, -0.2) is 0 Å². The predicted octanol–water partition coefficient (Wildman–Crippen LogP) is 2.21. The summed E-state index contributed by atoms with van der Waals surface area (Å²) in [5, 5.41) is 3.21. The molecule has 2 rings (SSSR count). The summed E-state index contributed by atoms with van der Waals surface area (Å²) in [4.78, 5) is 12.3. The van der Waals surface area contributed by atoms with Crippen LogP contribution in [0.25, 0.3) is 0 Å². The summed E-state index contributed by atoms with van der Waals surface area (Å²) in [6.07, 6.45) is 7.10. The third kappa shape index (κ3) is 2.73. The highest BCUT2D eigenvalue weighted by Crippen LogP contribution is 2.54. The van der Waals surface area contributed by atoms with Crippen LogP contribution in [0.2, 0.25) is 0 Å². The number of carbonyl (C=O) groups is 1. The molecule has 1 amide bonds. The zero-order valence-electron chi connectivity index (χ0n) is 13.2. The van der Waals surface area contributed by atoms with Gasteiger partial charge in [0.15, 0.2) is 0 Å². The molecule has 4 atom stereocenters. The number of hydrogen-bond acceptors (Lipinski definition) is 3. The molecule has 2 saturated carbocycles. The molecule has 116 valence electrons. The number of nitrogens with two attached hydrogens (primary N) is 1. The molecule has 4 unspecified atom stereocenters. The molecule has 4 nitrogen and oxygen atoms in total. The van der Waals surface area contributed by atoms with Gasteiger partial charge in [-0.2, -0.15) is 0 Å². The number of nitrogens with one attached hydrogen (secondary N) is 1. The van der Waals surface area contributed by atoms with Crippen LogP contribution in [0.4, 0.5) is 0 Å². The second-order valence-electron chi connectivity index (χ2n) is 6.59. The van der Waals surface area contributed by atoms with Crippen molar-refractivity contribution in [2.24, 2.45) is 17.1 Å². The molecular weight excluding hydrogens is 252 g/mol.